The average Bonchev–Trinajstić information content (AvgIpc) is 2.99. The van der Waals surface area contributed by atoms with Crippen molar-refractivity contribution in [3.05, 3.63) is 45.1 Å². The second-order valence-electron chi connectivity index (χ2n) is 6.97. The Bertz CT molecular complexity index is 778. The van der Waals surface area contributed by atoms with E-state index in [1.807, 2.05) is 0 Å². The van der Waals surface area contributed by atoms with Gasteiger partial charge in [-0.2, -0.15) is 0 Å². The van der Waals surface area contributed by atoms with E-state index < -0.39 is 12.0 Å². The van der Waals surface area contributed by atoms with Crippen LogP contribution in [-0.4, -0.2) is 30.1 Å². The Balaban J connectivity index is 1.96. The minimum absolute atomic E-state index is 0.0832. The maximum Gasteiger partial charge on any atom is 0.338 e. The summed E-state index contributed by atoms with van der Waals surface area (Å²) in [5.74, 6) is -0.0524. The van der Waals surface area contributed by atoms with Crippen LogP contribution in [0, 0.1) is 5.92 Å². The van der Waals surface area contributed by atoms with Gasteiger partial charge in [-0.25, -0.2) is 9.59 Å². The lowest BCUT2D eigenvalue weighted by molar-refractivity contribution is -0.146. The van der Waals surface area contributed by atoms with Gasteiger partial charge in [0.2, 0.25) is 0 Å². The van der Waals surface area contributed by atoms with Crippen LogP contribution in [0.15, 0.2) is 29.5 Å². The van der Waals surface area contributed by atoms with E-state index >= 15 is 0 Å². The third-order valence-electron chi connectivity index (χ3n) is 5.29. The fourth-order valence-electron chi connectivity index (χ4n) is 3.53. The zero-order valence-electron chi connectivity index (χ0n) is 15.0. The van der Waals surface area contributed by atoms with Crippen molar-refractivity contribution < 1.29 is 14.3 Å². The summed E-state index contributed by atoms with van der Waals surface area (Å²) < 4.78 is 5.79. The molecule has 1 fully saturated rings. The first-order chi connectivity index (χ1) is 12.3. The van der Waals surface area contributed by atoms with Crippen molar-refractivity contribution >= 4 is 35.2 Å². The van der Waals surface area contributed by atoms with Gasteiger partial charge in [-0.15, -0.1) is 0 Å². The summed E-state index contributed by atoms with van der Waals surface area (Å²) in [6.07, 6.45) is 2.91. The third kappa shape index (κ3) is 3.55. The molecule has 3 rings (SSSR count). The number of hydrogen-bond donors (Lipinski definition) is 1. The van der Waals surface area contributed by atoms with Crippen molar-refractivity contribution in [3.8, 4) is 0 Å². The highest BCUT2D eigenvalue weighted by atomic mass is 35.5. The van der Waals surface area contributed by atoms with Crippen molar-refractivity contribution in [2.75, 3.05) is 7.05 Å². The van der Waals surface area contributed by atoms with Gasteiger partial charge in [0.05, 0.1) is 21.7 Å². The monoisotopic (exact) mass is 396 g/mol. The number of esters is 1. The third-order valence-corrected chi connectivity index (χ3v) is 6.03. The number of carbonyl (C=O) groups is 2. The molecule has 0 bridgehead atoms. The molecule has 7 heteroatoms. The lowest BCUT2D eigenvalue weighted by atomic mass is 9.95. The molecule has 0 spiro atoms. The summed E-state index contributed by atoms with van der Waals surface area (Å²) in [6.45, 7) is 3.84. The molecule has 1 heterocycles. The average molecular weight is 397 g/mol. The molecular formula is C19H22Cl2N2O3. The molecule has 1 aromatic carbocycles. The molecule has 2 aliphatic rings. The number of nitrogens with zero attached hydrogens (tertiary/aromatic N) is 1. The number of benzene rings is 1. The standard InChI is InChI=1S/C19H22Cl2N2O3/c1-10-5-4-6-15(10)26-18(24)16-11(2)23(3)19(25)22-17(16)12-7-8-13(20)14(21)9-12/h7-10,15,17H,4-6H2,1-3H3,(H,22,25)/t10-,15-,17-/m1/s1. The molecular weight excluding hydrogens is 375 g/mol. The number of ether oxygens (including phenoxy) is 1. The summed E-state index contributed by atoms with van der Waals surface area (Å²) in [6, 6.07) is 4.16. The van der Waals surface area contributed by atoms with Gasteiger partial charge < -0.3 is 15.0 Å². The normalized spacial score (nSPS) is 26.1. The molecule has 3 atom stereocenters. The van der Waals surface area contributed by atoms with E-state index in [0.29, 0.717) is 32.8 Å². The Morgan fingerprint density at radius 1 is 1.27 bits per heavy atom. The van der Waals surface area contributed by atoms with Crippen molar-refractivity contribution in [1.82, 2.24) is 10.2 Å². The second kappa shape index (κ2) is 7.49. The van der Waals surface area contributed by atoms with Gasteiger partial charge in [0.1, 0.15) is 6.10 Å². The SMILES string of the molecule is CC1=C(C(=O)O[C@@H]2CCC[C@H]2C)[C@@H](c2ccc(Cl)c(Cl)c2)NC(=O)N1C. The van der Waals surface area contributed by atoms with E-state index in [1.165, 1.54) is 4.90 Å². The van der Waals surface area contributed by atoms with E-state index in [9.17, 15) is 9.59 Å². The zero-order valence-corrected chi connectivity index (χ0v) is 16.5. The van der Waals surface area contributed by atoms with Gasteiger partial charge >= 0.3 is 12.0 Å². The van der Waals surface area contributed by atoms with Crippen LogP contribution < -0.4 is 5.32 Å². The molecule has 0 aromatic heterocycles. The highest BCUT2D eigenvalue weighted by Gasteiger charge is 2.37. The number of nitrogens with one attached hydrogen (secondary N) is 1. The number of halogens is 2. The predicted molar refractivity (Wildman–Crippen MR) is 101 cm³/mol. The minimum atomic E-state index is -0.627. The largest absolute Gasteiger partial charge is 0.459 e. The van der Waals surface area contributed by atoms with Gasteiger partial charge in [0.15, 0.2) is 0 Å². The summed E-state index contributed by atoms with van der Waals surface area (Å²) in [4.78, 5) is 26.7. The number of rotatable bonds is 3. The first-order valence-electron chi connectivity index (χ1n) is 8.70. The topological polar surface area (TPSA) is 58.6 Å². The highest BCUT2D eigenvalue weighted by Crippen LogP contribution is 2.35. The number of urea groups is 1. The van der Waals surface area contributed by atoms with Gasteiger partial charge in [-0.3, -0.25) is 0 Å². The summed E-state index contributed by atoms with van der Waals surface area (Å²) in [5, 5.41) is 3.64. The lowest BCUT2D eigenvalue weighted by Crippen LogP contribution is -2.46. The quantitative estimate of drug-likeness (QED) is 0.753. The van der Waals surface area contributed by atoms with Crippen LogP contribution in [0.25, 0.3) is 0 Å². The van der Waals surface area contributed by atoms with Crippen molar-refractivity contribution in [1.29, 1.82) is 0 Å². The van der Waals surface area contributed by atoms with E-state index in [-0.39, 0.29) is 12.1 Å². The first kappa shape index (κ1) is 19.1. The van der Waals surface area contributed by atoms with Gasteiger partial charge in [0, 0.05) is 12.7 Å². The maximum atomic E-state index is 13.0. The van der Waals surface area contributed by atoms with Crippen LogP contribution >= 0.6 is 23.2 Å². The Kier molecular flexibility index (Phi) is 5.49. The number of carbonyl (C=O) groups excluding carboxylic acids is 2. The van der Waals surface area contributed by atoms with Crippen LogP contribution in [0.3, 0.4) is 0 Å². The van der Waals surface area contributed by atoms with Crippen molar-refractivity contribution in [2.24, 2.45) is 5.92 Å². The summed E-state index contributed by atoms with van der Waals surface area (Å²) in [5.41, 5.74) is 1.68. The molecule has 1 aliphatic carbocycles. The lowest BCUT2D eigenvalue weighted by Gasteiger charge is -2.34. The van der Waals surface area contributed by atoms with Gasteiger partial charge in [0.25, 0.3) is 0 Å². The maximum absolute atomic E-state index is 13.0. The molecule has 1 N–H and O–H groups in total. The van der Waals surface area contributed by atoms with Crippen LogP contribution in [0.1, 0.15) is 44.7 Å². The molecule has 5 nitrogen and oxygen atoms in total. The van der Waals surface area contributed by atoms with Crippen molar-refractivity contribution in [3.63, 3.8) is 0 Å². The van der Waals surface area contributed by atoms with E-state index in [1.54, 1.807) is 32.2 Å². The van der Waals surface area contributed by atoms with Gasteiger partial charge in [-0.1, -0.05) is 36.2 Å². The predicted octanol–water partition coefficient (Wildman–Crippen LogP) is 4.70. The molecule has 1 saturated carbocycles. The van der Waals surface area contributed by atoms with Crippen molar-refractivity contribution in [2.45, 2.75) is 45.3 Å². The zero-order chi connectivity index (χ0) is 19.0. The molecule has 0 saturated heterocycles. The molecule has 26 heavy (non-hydrogen) atoms. The Labute approximate surface area is 163 Å². The molecule has 1 aromatic rings. The number of amides is 2. The summed E-state index contributed by atoms with van der Waals surface area (Å²) in [7, 11) is 1.63. The molecule has 2 amide bonds. The fraction of sp³-hybridized carbons (Fsp3) is 0.474. The van der Waals surface area contributed by atoms with Crippen LogP contribution in [0.4, 0.5) is 4.79 Å². The summed E-state index contributed by atoms with van der Waals surface area (Å²) >= 11 is 12.1. The van der Waals surface area contributed by atoms with E-state index in [4.69, 9.17) is 27.9 Å². The molecule has 1 aliphatic heterocycles. The second-order valence-corrected chi connectivity index (χ2v) is 7.78. The van der Waals surface area contributed by atoms with E-state index in [0.717, 1.165) is 19.3 Å². The molecule has 0 unspecified atom stereocenters. The fourth-order valence-corrected chi connectivity index (χ4v) is 3.84. The van der Waals surface area contributed by atoms with Crippen LogP contribution in [0.2, 0.25) is 10.0 Å². The van der Waals surface area contributed by atoms with Gasteiger partial charge in [-0.05, 0) is 49.8 Å². The minimum Gasteiger partial charge on any atom is -0.459 e. The number of allylic oxidation sites excluding steroid dienone is 1. The first-order valence-corrected chi connectivity index (χ1v) is 9.46. The molecule has 140 valence electrons. The highest BCUT2D eigenvalue weighted by molar-refractivity contribution is 6.42. The molecule has 0 radical (unpaired) electrons. The smallest absolute Gasteiger partial charge is 0.338 e. The Morgan fingerprint density at radius 3 is 2.62 bits per heavy atom. The van der Waals surface area contributed by atoms with E-state index in [2.05, 4.69) is 12.2 Å². The van der Waals surface area contributed by atoms with Crippen LogP contribution in [0.5, 0.6) is 0 Å². The Hall–Kier alpha value is -1.72. The van der Waals surface area contributed by atoms with Crippen LogP contribution in [-0.2, 0) is 9.53 Å². The number of hydrogen-bond acceptors (Lipinski definition) is 3. The Morgan fingerprint density at radius 2 is 2.00 bits per heavy atom.